The van der Waals surface area contributed by atoms with Gasteiger partial charge in [-0.2, -0.15) is 0 Å². The minimum absolute atomic E-state index is 0.148. The molecule has 0 saturated heterocycles. The summed E-state index contributed by atoms with van der Waals surface area (Å²) >= 11 is 0. The zero-order chi connectivity index (χ0) is 14.2. The molecule has 1 N–H and O–H groups in total. The van der Waals surface area contributed by atoms with Gasteiger partial charge in [0.15, 0.2) is 0 Å². The first-order valence-electron chi connectivity index (χ1n) is 5.44. The van der Waals surface area contributed by atoms with Crippen LogP contribution >= 0.6 is 0 Å². The Morgan fingerprint density at radius 1 is 1.11 bits per heavy atom. The second-order valence-corrected chi connectivity index (χ2v) is 8.64. The van der Waals surface area contributed by atoms with Gasteiger partial charge in [-0.25, -0.2) is 8.42 Å². The average molecular weight is 299 g/mol. The van der Waals surface area contributed by atoms with Crippen molar-refractivity contribution in [3.63, 3.8) is 0 Å². The third-order valence-corrected chi connectivity index (χ3v) is 5.80. The number of rotatable bonds is 9. The Balaban J connectivity index is 3.96. The van der Waals surface area contributed by atoms with Gasteiger partial charge in [0, 0.05) is 33.8 Å². The lowest BCUT2D eigenvalue weighted by Crippen LogP contribution is -2.42. The largest absolute Gasteiger partial charge is 0.500 e. The molecule has 0 aromatic carbocycles. The molecule has 0 radical (unpaired) electrons. The van der Waals surface area contributed by atoms with Crippen LogP contribution in [-0.4, -0.2) is 50.7 Å². The lowest BCUT2D eigenvalue weighted by Gasteiger charge is -2.24. The summed E-state index contributed by atoms with van der Waals surface area (Å²) in [5.74, 6) is -0.503. The highest BCUT2D eigenvalue weighted by atomic mass is 32.2. The van der Waals surface area contributed by atoms with Gasteiger partial charge >= 0.3 is 8.80 Å². The molecule has 0 saturated carbocycles. The number of unbranched alkanes of at least 4 members (excludes halogenated alkanes) is 1. The Kier molecular flexibility index (Phi) is 7.63. The molecule has 0 atom stereocenters. The molecule has 0 aliphatic heterocycles. The highest BCUT2D eigenvalue weighted by molar-refractivity contribution is 7.89. The normalized spacial score (nSPS) is 12.4. The van der Waals surface area contributed by atoms with Crippen molar-refractivity contribution in [3.05, 3.63) is 0 Å². The fraction of sp³-hybridized carbons (Fsp3) is 0.889. The maximum Gasteiger partial charge on any atom is 0.500 e. The highest BCUT2D eigenvalue weighted by Crippen LogP contribution is 2.16. The Morgan fingerprint density at radius 3 is 2.00 bits per heavy atom. The predicted octanol–water partition coefficient (Wildman–Crippen LogP) is 0.111. The molecular weight excluding hydrogens is 278 g/mol. The lowest BCUT2D eigenvalue weighted by molar-refractivity contribution is -0.119. The van der Waals surface area contributed by atoms with Crippen LogP contribution in [0.3, 0.4) is 0 Å². The maximum absolute atomic E-state index is 11.2. The molecule has 0 heterocycles. The maximum atomic E-state index is 11.2. The summed E-state index contributed by atoms with van der Waals surface area (Å²) in [6.07, 6.45) is 2.31. The number of hydrogen-bond donors (Lipinski definition) is 1. The van der Waals surface area contributed by atoms with E-state index in [1.807, 2.05) is 4.72 Å². The monoisotopic (exact) mass is 299 g/mol. The molecule has 1 amide bonds. The van der Waals surface area contributed by atoms with E-state index in [2.05, 4.69) is 0 Å². The molecule has 0 aliphatic carbocycles. The van der Waals surface area contributed by atoms with Crippen LogP contribution in [-0.2, 0) is 28.1 Å². The zero-order valence-electron chi connectivity index (χ0n) is 11.2. The Labute approximate surface area is 109 Å². The van der Waals surface area contributed by atoms with E-state index in [0.717, 1.165) is 6.26 Å². The standard InChI is InChI=1S/C9H21NO6SSi/c1-14-18(15-2,16-3)8-6-5-7-9(11)10-17(4,12)13/h5-8H2,1-4H3,(H,10,11). The smallest absolute Gasteiger partial charge is 0.377 e. The summed E-state index contributed by atoms with van der Waals surface area (Å²) in [5.41, 5.74) is 0. The molecule has 0 aliphatic rings. The van der Waals surface area contributed by atoms with Crippen molar-refractivity contribution in [1.29, 1.82) is 0 Å². The van der Waals surface area contributed by atoms with Gasteiger partial charge in [-0.05, 0) is 12.8 Å². The van der Waals surface area contributed by atoms with Crippen LogP contribution < -0.4 is 4.72 Å². The van der Waals surface area contributed by atoms with Crippen LogP contribution in [0.15, 0.2) is 0 Å². The van der Waals surface area contributed by atoms with Crippen molar-refractivity contribution in [3.8, 4) is 0 Å². The lowest BCUT2D eigenvalue weighted by atomic mass is 10.2. The summed E-state index contributed by atoms with van der Waals surface area (Å²) in [7, 11) is -1.48. The molecule has 18 heavy (non-hydrogen) atoms. The number of amides is 1. The van der Waals surface area contributed by atoms with E-state index in [1.165, 1.54) is 21.3 Å². The van der Waals surface area contributed by atoms with Crippen molar-refractivity contribution in [1.82, 2.24) is 4.72 Å². The quantitative estimate of drug-likeness (QED) is 0.480. The molecule has 0 spiro atoms. The average Bonchev–Trinajstić information content (AvgIpc) is 2.28. The van der Waals surface area contributed by atoms with Gasteiger partial charge in [0.2, 0.25) is 15.9 Å². The van der Waals surface area contributed by atoms with Crippen LogP contribution in [0.25, 0.3) is 0 Å². The second-order valence-electron chi connectivity index (χ2n) is 3.80. The van der Waals surface area contributed by atoms with Crippen molar-refractivity contribution < 1.29 is 26.5 Å². The second kappa shape index (κ2) is 7.84. The number of carbonyl (C=O) groups is 1. The summed E-state index contributed by atoms with van der Waals surface area (Å²) in [6, 6.07) is 0.586. The first kappa shape index (κ1) is 17.5. The Morgan fingerprint density at radius 2 is 1.61 bits per heavy atom. The summed E-state index contributed by atoms with van der Waals surface area (Å²) in [6.45, 7) is 0. The van der Waals surface area contributed by atoms with E-state index in [9.17, 15) is 13.2 Å². The van der Waals surface area contributed by atoms with E-state index in [1.54, 1.807) is 0 Å². The fourth-order valence-corrected chi connectivity index (χ4v) is 3.75. The topological polar surface area (TPSA) is 90.9 Å². The minimum Gasteiger partial charge on any atom is -0.377 e. The predicted molar refractivity (Wildman–Crippen MR) is 68.4 cm³/mol. The van der Waals surface area contributed by atoms with Gasteiger partial charge in [0.25, 0.3) is 0 Å². The molecule has 9 heteroatoms. The molecule has 0 rings (SSSR count). The third kappa shape index (κ3) is 7.06. The molecule has 108 valence electrons. The summed E-state index contributed by atoms with van der Waals surface area (Å²) in [5, 5.41) is 0. The Bertz CT molecular complexity index is 346. The minimum atomic E-state index is -3.47. The van der Waals surface area contributed by atoms with E-state index in [4.69, 9.17) is 13.3 Å². The van der Waals surface area contributed by atoms with Gasteiger partial charge in [0.1, 0.15) is 0 Å². The van der Waals surface area contributed by atoms with Gasteiger partial charge in [-0.1, -0.05) is 0 Å². The van der Waals surface area contributed by atoms with Crippen LogP contribution in [0.5, 0.6) is 0 Å². The molecule has 7 nitrogen and oxygen atoms in total. The van der Waals surface area contributed by atoms with Crippen LogP contribution in [0.1, 0.15) is 19.3 Å². The molecule has 0 aromatic heterocycles. The molecular formula is C9H21NO6SSi. The van der Waals surface area contributed by atoms with Gasteiger partial charge in [-0.3, -0.25) is 9.52 Å². The fourth-order valence-electron chi connectivity index (χ4n) is 1.44. The van der Waals surface area contributed by atoms with Crippen molar-refractivity contribution >= 4 is 24.7 Å². The number of sulfonamides is 1. The number of nitrogens with one attached hydrogen (secondary N) is 1. The molecule has 0 bridgehead atoms. The number of hydrogen-bond acceptors (Lipinski definition) is 6. The van der Waals surface area contributed by atoms with Crippen molar-refractivity contribution in [2.75, 3.05) is 27.6 Å². The first-order valence-corrected chi connectivity index (χ1v) is 9.27. The summed E-state index contributed by atoms with van der Waals surface area (Å²) in [4.78, 5) is 11.2. The van der Waals surface area contributed by atoms with E-state index >= 15 is 0 Å². The van der Waals surface area contributed by atoms with E-state index < -0.39 is 24.7 Å². The molecule has 0 aromatic rings. The first-order chi connectivity index (χ1) is 8.28. The summed E-state index contributed by atoms with van der Waals surface area (Å²) < 4.78 is 39.2. The number of carbonyl (C=O) groups excluding carboxylic acids is 1. The van der Waals surface area contributed by atoms with Gasteiger partial charge < -0.3 is 13.3 Å². The van der Waals surface area contributed by atoms with E-state index in [-0.39, 0.29) is 6.42 Å². The van der Waals surface area contributed by atoms with Crippen LogP contribution in [0, 0.1) is 0 Å². The van der Waals surface area contributed by atoms with Crippen LogP contribution in [0.4, 0.5) is 0 Å². The van der Waals surface area contributed by atoms with Crippen LogP contribution in [0.2, 0.25) is 6.04 Å². The van der Waals surface area contributed by atoms with Crippen molar-refractivity contribution in [2.45, 2.75) is 25.3 Å². The molecule has 0 unspecified atom stereocenters. The zero-order valence-corrected chi connectivity index (χ0v) is 13.0. The Hall–Kier alpha value is -0.483. The van der Waals surface area contributed by atoms with E-state index in [0.29, 0.717) is 18.9 Å². The van der Waals surface area contributed by atoms with Gasteiger partial charge in [-0.15, -0.1) is 0 Å². The molecule has 0 fully saturated rings. The SMILES string of the molecule is CO[Si](CCCCC(=O)NS(C)(=O)=O)(OC)OC. The van der Waals surface area contributed by atoms with Gasteiger partial charge in [0.05, 0.1) is 6.26 Å². The highest BCUT2D eigenvalue weighted by Gasteiger charge is 2.36. The van der Waals surface area contributed by atoms with Crippen molar-refractivity contribution in [2.24, 2.45) is 0 Å². The third-order valence-electron chi connectivity index (χ3n) is 2.37.